The molecule has 0 saturated carbocycles. The number of hydrogen-bond donors (Lipinski definition) is 1. The first-order valence-corrected chi connectivity index (χ1v) is 8.35. The number of piperidine rings is 1. The summed E-state index contributed by atoms with van der Waals surface area (Å²) in [6.45, 7) is 3.87. The third-order valence-corrected chi connectivity index (χ3v) is 4.58. The van der Waals surface area contributed by atoms with Crippen LogP contribution >= 0.6 is 0 Å². The highest BCUT2D eigenvalue weighted by atomic mass is 16.2. The molecule has 3 rings (SSSR count). The first-order valence-electron chi connectivity index (χ1n) is 8.35. The summed E-state index contributed by atoms with van der Waals surface area (Å²) in [6, 6.07) is 20.7. The van der Waals surface area contributed by atoms with Crippen molar-refractivity contribution >= 4 is 11.6 Å². The van der Waals surface area contributed by atoms with E-state index >= 15 is 0 Å². The molecule has 23 heavy (non-hydrogen) atoms. The normalized spacial score (nSPS) is 21.3. The molecule has 0 aromatic heterocycles. The van der Waals surface area contributed by atoms with Gasteiger partial charge in [-0.2, -0.15) is 0 Å². The van der Waals surface area contributed by atoms with E-state index in [-0.39, 0.29) is 11.9 Å². The maximum Gasteiger partial charge on any atom is 0.224 e. The zero-order valence-corrected chi connectivity index (χ0v) is 13.6. The van der Waals surface area contributed by atoms with E-state index in [2.05, 4.69) is 48.6 Å². The Morgan fingerprint density at radius 1 is 1.04 bits per heavy atom. The van der Waals surface area contributed by atoms with Gasteiger partial charge in [0.25, 0.3) is 0 Å². The number of para-hydroxylation sites is 1. The molecule has 0 unspecified atom stereocenters. The molecule has 1 amide bonds. The molecule has 0 radical (unpaired) electrons. The van der Waals surface area contributed by atoms with Crippen LogP contribution in [0.4, 0.5) is 5.69 Å². The lowest BCUT2D eigenvalue weighted by molar-refractivity contribution is -0.134. The number of benzene rings is 2. The second-order valence-electron chi connectivity index (χ2n) is 6.37. The van der Waals surface area contributed by atoms with E-state index in [0.29, 0.717) is 12.3 Å². The van der Waals surface area contributed by atoms with Gasteiger partial charge in [0.1, 0.15) is 0 Å². The number of carbonyl (C=O) groups excluding carboxylic acids is 1. The zero-order chi connectivity index (χ0) is 16.1. The van der Waals surface area contributed by atoms with Crippen LogP contribution in [-0.2, 0) is 11.2 Å². The molecule has 3 nitrogen and oxygen atoms in total. The first-order chi connectivity index (χ1) is 11.2. The molecular weight excluding hydrogens is 284 g/mol. The minimum Gasteiger partial charge on any atom is -0.381 e. The van der Waals surface area contributed by atoms with Crippen molar-refractivity contribution in [1.29, 1.82) is 0 Å². The molecule has 0 aliphatic carbocycles. The number of nitrogens with one attached hydrogen (secondary N) is 1. The summed E-state index contributed by atoms with van der Waals surface area (Å²) in [7, 11) is 0. The molecule has 0 bridgehead atoms. The Hall–Kier alpha value is -2.29. The largest absolute Gasteiger partial charge is 0.381 e. The molecule has 1 aliphatic heterocycles. The van der Waals surface area contributed by atoms with Crippen LogP contribution in [0.5, 0.6) is 0 Å². The minimum absolute atomic E-state index is 0.220. The third-order valence-electron chi connectivity index (χ3n) is 4.58. The van der Waals surface area contributed by atoms with E-state index in [9.17, 15) is 4.79 Å². The van der Waals surface area contributed by atoms with E-state index in [1.807, 2.05) is 29.2 Å². The summed E-state index contributed by atoms with van der Waals surface area (Å²) in [5.41, 5.74) is 2.38. The maximum absolute atomic E-state index is 12.4. The van der Waals surface area contributed by atoms with Gasteiger partial charge in [-0.15, -0.1) is 0 Å². The lowest BCUT2D eigenvalue weighted by Crippen LogP contribution is -2.49. The second kappa shape index (κ2) is 7.32. The van der Waals surface area contributed by atoms with Gasteiger partial charge in [0, 0.05) is 31.2 Å². The fraction of sp³-hybridized carbons (Fsp3) is 0.350. The summed E-state index contributed by atoms with van der Waals surface area (Å²) >= 11 is 0. The summed E-state index contributed by atoms with van der Waals surface area (Å²) in [5, 5.41) is 3.51. The number of amides is 1. The molecule has 1 fully saturated rings. The predicted octanol–water partition coefficient (Wildman–Crippen LogP) is 3.58. The number of nitrogens with zero attached hydrogens (tertiary/aromatic N) is 1. The Kier molecular flexibility index (Phi) is 4.96. The van der Waals surface area contributed by atoms with Crippen LogP contribution in [0.2, 0.25) is 0 Å². The van der Waals surface area contributed by atoms with Crippen LogP contribution < -0.4 is 5.32 Å². The number of rotatable bonds is 5. The Bertz CT molecular complexity index is 627. The molecular formula is C20H24N2O. The second-order valence-corrected chi connectivity index (χ2v) is 6.37. The van der Waals surface area contributed by atoms with Gasteiger partial charge in [-0.05, 0) is 30.0 Å². The van der Waals surface area contributed by atoms with Crippen LogP contribution in [0, 0.1) is 5.92 Å². The van der Waals surface area contributed by atoms with Crippen molar-refractivity contribution in [2.24, 2.45) is 5.92 Å². The molecule has 2 aromatic rings. The van der Waals surface area contributed by atoms with Crippen molar-refractivity contribution in [3.63, 3.8) is 0 Å². The van der Waals surface area contributed by atoms with Gasteiger partial charge in [-0.1, -0.05) is 55.5 Å². The number of hydrogen-bond acceptors (Lipinski definition) is 2. The molecule has 120 valence electrons. The maximum atomic E-state index is 12.4. The van der Waals surface area contributed by atoms with Gasteiger partial charge in [0.05, 0.1) is 0 Å². The lowest BCUT2D eigenvalue weighted by Gasteiger charge is -2.37. The van der Waals surface area contributed by atoms with Crippen molar-refractivity contribution in [2.45, 2.75) is 25.8 Å². The highest BCUT2D eigenvalue weighted by molar-refractivity contribution is 5.78. The van der Waals surface area contributed by atoms with Crippen LogP contribution in [-0.4, -0.2) is 29.9 Å². The molecule has 0 spiro atoms. The lowest BCUT2D eigenvalue weighted by atomic mass is 9.92. The van der Waals surface area contributed by atoms with E-state index in [0.717, 1.165) is 25.2 Å². The van der Waals surface area contributed by atoms with Gasteiger partial charge in [-0.25, -0.2) is 0 Å². The highest BCUT2D eigenvalue weighted by Gasteiger charge is 2.31. The van der Waals surface area contributed by atoms with Gasteiger partial charge in [0.15, 0.2) is 0 Å². The Labute approximate surface area is 138 Å². The number of carbonyl (C=O) groups is 1. The van der Waals surface area contributed by atoms with E-state index in [1.165, 1.54) is 5.56 Å². The average molecular weight is 308 g/mol. The standard InChI is InChI=1S/C20H24N2O/c1-16-15-22(13-12-17-8-4-2-5-9-17)20(23)14-19(16)21-18-10-6-3-7-11-18/h2-11,16,19,21H,12-15H2,1H3/t16-,19-/m0/s1. The first kappa shape index (κ1) is 15.6. The van der Waals surface area contributed by atoms with E-state index in [4.69, 9.17) is 0 Å². The minimum atomic E-state index is 0.220. The van der Waals surface area contributed by atoms with E-state index in [1.54, 1.807) is 0 Å². The monoisotopic (exact) mass is 308 g/mol. The SMILES string of the molecule is C[C@H]1CN(CCc2ccccc2)C(=O)C[C@@H]1Nc1ccccc1. The quantitative estimate of drug-likeness (QED) is 0.915. The fourth-order valence-corrected chi connectivity index (χ4v) is 3.16. The Morgan fingerprint density at radius 2 is 1.70 bits per heavy atom. The van der Waals surface area contributed by atoms with Crippen LogP contribution in [0.25, 0.3) is 0 Å². The molecule has 3 heteroatoms. The Balaban J connectivity index is 1.55. The molecule has 1 aliphatic rings. The van der Waals surface area contributed by atoms with E-state index < -0.39 is 0 Å². The molecule has 1 N–H and O–H groups in total. The van der Waals surface area contributed by atoms with Gasteiger partial charge in [-0.3, -0.25) is 4.79 Å². The van der Waals surface area contributed by atoms with Crippen LogP contribution in [0.15, 0.2) is 60.7 Å². The topological polar surface area (TPSA) is 32.3 Å². The summed E-state index contributed by atoms with van der Waals surface area (Å²) in [5.74, 6) is 0.705. The third kappa shape index (κ3) is 4.13. The smallest absolute Gasteiger partial charge is 0.224 e. The van der Waals surface area contributed by atoms with Crippen molar-refractivity contribution < 1.29 is 4.79 Å². The van der Waals surface area contributed by atoms with Crippen molar-refractivity contribution in [3.8, 4) is 0 Å². The van der Waals surface area contributed by atoms with Crippen molar-refractivity contribution in [2.75, 3.05) is 18.4 Å². The predicted molar refractivity (Wildman–Crippen MR) is 94.4 cm³/mol. The van der Waals surface area contributed by atoms with Crippen LogP contribution in [0.3, 0.4) is 0 Å². The Morgan fingerprint density at radius 3 is 2.39 bits per heavy atom. The van der Waals surface area contributed by atoms with Gasteiger partial charge < -0.3 is 10.2 Å². The zero-order valence-electron chi connectivity index (χ0n) is 13.6. The van der Waals surface area contributed by atoms with Crippen molar-refractivity contribution in [1.82, 2.24) is 4.90 Å². The van der Waals surface area contributed by atoms with Crippen LogP contribution in [0.1, 0.15) is 18.9 Å². The molecule has 2 aromatic carbocycles. The summed E-state index contributed by atoms with van der Waals surface area (Å²) in [4.78, 5) is 14.5. The summed E-state index contributed by atoms with van der Waals surface area (Å²) in [6.07, 6.45) is 1.50. The van der Waals surface area contributed by atoms with Crippen molar-refractivity contribution in [3.05, 3.63) is 66.2 Å². The molecule has 1 heterocycles. The average Bonchev–Trinajstić information content (AvgIpc) is 2.58. The molecule has 2 atom stereocenters. The number of likely N-dealkylation sites (tertiary alicyclic amines) is 1. The van der Waals surface area contributed by atoms with Gasteiger partial charge in [0.2, 0.25) is 5.91 Å². The number of anilines is 1. The van der Waals surface area contributed by atoms with Gasteiger partial charge >= 0.3 is 0 Å². The summed E-state index contributed by atoms with van der Waals surface area (Å²) < 4.78 is 0. The highest BCUT2D eigenvalue weighted by Crippen LogP contribution is 2.22. The fourth-order valence-electron chi connectivity index (χ4n) is 3.16. The molecule has 1 saturated heterocycles.